The van der Waals surface area contributed by atoms with E-state index in [1.165, 1.54) is 0 Å². The van der Waals surface area contributed by atoms with Crippen LogP contribution in [0.1, 0.15) is 42.1 Å². The number of ether oxygens (including phenoxy) is 1. The molecule has 110 valence electrons. The van der Waals surface area contributed by atoms with Gasteiger partial charge in [-0.2, -0.15) is 0 Å². The number of hydrogen-bond acceptors (Lipinski definition) is 4. The number of hydrogen-bond donors (Lipinski definition) is 1. The van der Waals surface area contributed by atoms with Crippen LogP contribution in [-0.2, 0) is 9.53 Å². The molecular formula is C17H19NO3. The smallest absolute Gasteiger partial charge is 0.328 e. The molecule has 0 aromatic heterocycles. The molecule has 1 aromatic rings. The summed E-state index contributed by atoms with van der Waals surface area (Å²) in [6, 6.07) is 5.32. The largest absolute Gasteiger partial charge is 0.464 e. The first kappa shape index (κ1) is 13.9. The minimum atomic E-state index is -0.319. The molecule has 1 aromatic carbocycles. The number of anilines is 1. The van der Waals surface area contributed by atoms with Gasteiger partial charge in [0.2, 0.25) is 0 Å². The number of Topliss-reactive ketones (excluding diaryl/α,β-unsaturated/α-hetero) is 1. The number of esters is 1. The molecule has 1 heterocycles. The highest BCUT2D eigenvalue weighted by atomic mass is 16.5. The normalized spacial score (nSPS) is 25.7. The standard InChI is InChI=1S/C17H19NO3/c1-3-21-17(20)16-13-6-4-5-12(13)14-9-11(10(2)19)7-8-15(14)18-16/h4-5,7-9,12-13,16,18H,3,6H2,1-2H3/t12-,13+,16-/m0/s1. The molecule has 0 unspecified atom stereocenters. The average Bonchev–Trinajstić information content (AvgIpc) is 2.95. The molecular weight excluding hydrogens is 266 g/mol. The van der Waals surface area contributed by atoms with E-state index in [4.69, 9.17) is 4.74 Å². The molecule has 2 aliphatic rings. The van der Waals surface area contributed by atoms with Crippen LogP contribution in [0.5, 0.6) is 0 Å². The van der Waals surface area contributed by atoms with Crippen LogP contribution in [0.2, 0.25) is 0 Å². The Labute approximate surface area is 124 Å². The minimum absolute atomic E-state index is 0.0591. The Morgan fingerprint density at radius 3 is 2.90 bits per heavy atom. The Bertz CT molecular complexity index is 620. The molecule has 0 saturated carbocycles. The Hall–Kier alpha value is -2.10. The van der Waals surface area contributed by atoms with Gasteiger partial charge in [-0.15, -0.1) is 0 Å². The average molecular weight is 285 g/mol. The lowest BCUT2D eigenvalue weighted by Gasteiger charge is -2.35. The highest BCUT2D eigenvalue weighted by Crippen LogP contribution is 2.45. The van der Waals surface area contributed by atoms with Crippen molar-refractivity contribution in [3.63, 3.8) is 0 Å². The quantitative estimate of drug-likeness (QED) is 0.527. The van der Waals surface area contributed by atoms with Crippen LogP contribution in [0, 0.1) is 5.92 Å². The van der Waals surface area contributed by atoms with Gasteiger partial charge in [0.15, 0.2) is 5.78 Å². The van der Waals surface area contributed by atoms with Gasteiger partial charge in [0, 0.05) is 23.1 Å². The van der Waals surface area contributed by atoms with E-state index in [1.807, 2.05) is 19.1 Å². The van der Waals surface area contributed by atoms with Gasteiger partial charge in [-0.3, -0.25) is 4.79 Å². The molecule has 4 nitrogen and oxygen atoms in total. The number of benzene rings is 1. The Morgan fingerprint density at radius 2 is 2.19 bits per heavy atom. The molecule has 0 amide bonds. The van der Waals surface area contributed by atoms with E-state index in [2.05, 4.69) is 17.5 Å². The topological polar surface area (TPSA) is 55.4 Å². The third-order valence-corrected chi connectivity index (χ3v) is 4.31. The second-order valence-corrected chi connectivity index (χ2v) is 5.59. The van der Waals surface area contributed by atoms with Crippen LogP contribution in [0.4, 0.5) is 5.69 Å². The van der Waals surface area contributed by atoms with Gasteiger partial charge < -0.3 is 10.1 Å². The third kappa shape index (κ3) is 2.35. The maximum absolute atomic E-state index is 12.2. The van der Waals surface area contributed by atoms with Gasteiger partial charge >= 0.3 is 5.97 Å². The predicted octanol–water partition coefficient (Wildman–Crippen LogP) is 2.91. The van der Waals surface area contributed by atoms with Crippen LogP contribution >= 0.6 is 0 Å². The van der Waals surface area contributed by atoms with E-state index >= 15 is 0 Å². The Morgan fingerprint density at radius 1 is 1.38 bits per heavy atom. The fourth-order valence-electron chi connectivity index (χ4n) is 3.28. The monoisotopic (exact) mass is 285 g/mol. The van der Waals surface area contributed by atoms with Crippen LogP contribution in [0.15, 0.2) is 30.4 Å². The maximum atomic E-state index is 12.2. The van der Waals surface area contributed by atoms with Crippen LogP contribution in [0.25, 0.3) is 0 Å². The number of fused-ring (bicyclic) bond motifs is 3. The van der Waals surface area contributed by atoms with E-state index in [0.717, 1.165) is 17.7 Å². The first-order valence-electron chi connectivity index (χ1n) is 7.36. The summed E-state index contributed by atoms with van der Waals surface area (Å²) in [5.41, 5.74) is 2.73. The molecule has 0 radical (unpaired) electrons. The first-order chi connectivity index (χ1) is 10.1. The molecule has 4 heteroatoms. The number of carbonyl (C=O) groups is 2. The molecule has 0 spiro atoms. The summed E-state index contributed by atoms with van der Waals surface area (Å²) in [6.07, 6.45) is 5.10. The van der Waals surface area contributed by atoms with E-state index in [1.54, 1.807) is 13.0 Å². The summed E-state index contributed by atoms with van der Waals surface area (Å²) in [7, 11) is 0. The summed E-state index contributed by atoms with van der Waals surface area (Å²) >= 11 is 0. The summed E-state index contributed by atoms with van der Waals surface area (Å²) in [6.45, 7) is 3.78. The molecule has 3 rings (SSSR count). The number of carbonyl (C=O) groups excluding carboxylic acids is 2. The zero-order chi connectivity index (χ0) is 15.0. The third-order valence-electron chi connectivity index (χ3n) is 4.31. The Kier molecular flexibility index (Phi) is 3.53. The van der Waals surface area contributed by atoms with Gasteiger partial charge in [-0.1, -0.05) is 12.2 Å². The van der Waals surface area contributed by atoms with Gasteiger partial charge in [0.25, 0.3) is 0 Å². The second kappa shape index (κ2) is 5.35. The van der Waals surface area contributed by atoms with Crippen molar-refractivity contribution in [2.75, 3.05) is 11.9 Å². The fourth-order valence-corrected chi connectivity index (χ4v) is 3.28. The lowest BCUT2D eigenvalue weighted by Crippen LogP contribution is -2.43. The zero-order valence-corrected chi connectivity index (χ0v) is 12.3. The minimum Gasteiger partial charge on any atom is -0.464 e. The van der Waals surface area contributed by atoms with E-state index in [0.29, 0.717) is 12.2 Å². The first-order valence-corrected chi connectivity index (χ1v) is 7.36. The summed E-state index contributed by atoms with van der Waals surface area (Å²) in [5, 5.41) is 3.29. The van der Waals surface area contributed by atoms with E-state index in [9.17, 15) is 9.59 Å². The van der Waals surface area contributed by atoms with Gasteiger partial charge in [-0.25, -0.2) is 4.79 Å². The second-order valence-electron chi connectivity index (χ2n) is 5.59. The van der Waals surface area contributed by atoms with Crippen molar-refractivity contribution >= 4 is 17.4 Å². The van der Waals surface area contributed by atoms with Crippen molar-refractivity contribution in [3.05, 3.63) is 41.5 Å². The molecule has 1 aliphatic heterocycles. The van der Waals surface area contributed by atoms with Crippen molar-refractivity contribution in [2.24, 2.45) is 5.92 Å². The highest BCUT2D eigenvalue weighted by Gasteiger charge is 2.41. The van der Waals surface area contributed by atoms with Crippen LogP contribution in [0.3, 0.4) is 0 Å². The summed E-state index contributed by atoms with van der Waals surface area (Å²) in [4.78, 5) is 23.7. The SMILES string of the molecule is CCOC(=O)[C@H]1Nc2ccc(C(C)=O)cc2[C@H]2C=CC[C@@H]12. The molecule has 1 N–H and O–H groups in total. The highest BCUT2D eigenvalue weighted by molar-refractivity contribution is 5.95. The van der Waals surface area contributed by atoms with Crippen molar-refractivity contribution in [3.8, 4) is 0 Å². The summed E-state index contributed by atoms with van der Waals surface area (Å²) < 4.78 is 5.18. The fraction of sp³-hybridized carbons (Fsp3) is 0.412. The number of allylic oxidation sites excluding steroid dienone is 2. The molecule has 1 aliphatic carbocycles. The molecule has 0 bridgehead atoms. The molecule has 21 heavy (non-hydrogen) atoms. The van der Waals surface area contributed by atoms with Gasteiger partial charge in [-0.05, 0) is 44.0 Å². The van der Waals surface area contributed by atoms with Crippen LogP contribution < -0.4 is 5.32 Å². The number of ketones is 1. The van der Waals surface area contributed by atoms with E-state index < -0.39 is 0 Å². The van der Waals surface area contributed by atoms with Gasteiger partial charge in [0.05, 0.1) is 6.61 Å². The maximum Gasteiger partial charge on any atom is 0.328 e. The lowest BCUT2D eigenvalue weighted by atomic mass is 9.78. The zero-order valence-electron chi connectivity index (χ0n) is 12.3. The van der Waals surface area contributed by atoms with Crippen molar-refractivity contribution in [2.45, 2.75) is 32.2 Å². The molecule has 0 saturated heterocycles. The van der Waals surface area contributed by atoms with E-state index in [-0.39, 0.29) is 29.6 Å². The van der Waals surface area contributed by atoms with Crippen molar-refractivity contribution < 1.29 is 14.3 Å². The van der Waals surface area contributed by atoms with Crippen molar-refractivity contribution in [1.82, 2.24) is 0 Å². The van der Waals surface area contributed by atoms with Gasteiger partial charge in [0.1, 0.15) is 6.04 Å². The molecule has 3 atom stereocenters. The lowest BCUT2D eigenvalue weighted by molar-refractivity contribution is -0.145. The number of rotatable bonds is 3. The number of nitrogens with one attached hydrogen (secondary N) is 1. The molecule has 0 fully saturated rings. The van der Waals surface area contributed by atoms with Crippen LogP contribution in [-0.4, -0.2) is 24.4 Å². The Balaban J connectivity index is 1.98. The van der Waals surface area contributed by atoms with Crippen molar-refractivity contribution in [1.29, 1.82) is 0 Å². The summed E-state index contributed by atoms with van der Waals surface area (Å²) in [5.74, 6) is 0.204. The predicted molar refractivity (Wildman–Crippen MR) is 80.5 cm³/mol.